The Kier molecular flexibility index (Phi) is 5.18. The molecule has 0 radical (unpaired) electrons. The Morgan fingerprint density at radius 1 is 1.53 bits per heavy atom. The van der Waals surface area contributed by atoms with Gasteiger partial charge in [-0.2, -0.15) is 5.10 Å². The predicted octanol–water partition coefficient (Wildman–Crippen LogP) is 2.65. The molecule has 17 heavy (non-hydrogen) atoms. The number of alkyl halides is 1. The number of carbonyl (C=O) groups is 1. The molecule has 0 unspecified atom stereocenters. The number of aryl methyl sites for hydroxylation is 1. The Morgan fingerprint density at radius 3 is 2.59 bits per heavy atom. The molecular formula is C12H20BrN3O. The van der Waals surface area contributed by atoms with Crippen LogP contribution in [0.3, 0.4) is 0 Å². The zero-order valence-corrected chi connectivity index (χ0v) is 12.2. The summed E-state index contributed by atoms with van der Waals surface area (Å²) in [7, 11) is 0. The Balaban J connectivity index is 2.62. The van der Waals surface area contributed by atoms with E-state index in [0.29, 0.717) is 12.1 Å². The van der Waals surface area contributed by atoms with Crippen molar-refractivity contribution < 1.29 is 4.79 Å². The van der Waals surface area contributed by atoms with Gasteiger partial charge in [-0.1, -0.05) is 29.8 Å². The SMILES string of the molecule is CCC(CC)(CBr)CNC(=O)c1cn[nH]c1C. The fraction of sp³-hybridized carbons (Fsp3) is 0.667. The van der Waals surface area contributed by atoms with E-state index in [1.807, 2.05) is 6.92 Å². The van der Waals surface area contributed by atoms with E-state index in [9.17, 15) is 4.79 Å². The summed E-state index contributed by atoms with van der Waals surface area (Å²) < 4.78 is 0. The van der Waals surface area contributed by atoms with Crippen molar-refractivity contribution in [2.24, 2.45) is 5.41 Å². The van der Waals surface area contributed by atoms with Gasteiger partial charge in [0.25, 0.3) is 5.91 Å². The maximum Gasteiger partial charge on any atom is 0.254 e. The van der Waals surface area contributed by atoms with Crippen LogP contribution in [0.2, 0.25) is 0 Å². The standard InChI is InChI=1S/C12H20BrN3O/c1-4-12(5-2,7-13)8-14-11(17)10-6-15-16-9(10)3/h6H,4-5,7-8H2,1-3H3,(H,14,17)(H,15,16). The van der Waals surface area contributed by atoms with Gasteiger partial charge in [0.15, 0.2) is 0 Å². The van der Waals surface area contributed by atoms with Crippen molar-refractivity contribution in [1.29, 1.82) is 0 Å². The highest BCUT2D eigenvalue weighted by Gasteiger charge is 2.25. The molecule has 5 heteroatoms. The van der Waals surface area contributed by atoms with E-state index in [-0.39, 0.29) is 11.3 Å². The van der Waals surface area contributed by atoms with Crippen LogP contribution in [0, 0.1) is 12.3 Å². The minimum Gasteiger partial charge on any atom is -0.351 e. The molecule has 96 valence electrons. The second kappa shape index (κ2) is 6.19. The number of carbonyl (C=O) groups excluding carboxylic acids is 1. The van der Waals surface area contributed by atoms with Gasteiger partial charge in [-0.25, -0.2) is 0 Å². The number of halogens is 1. The summed E-state index contributed by atoms with van der Waals surface area (Å²) in [5.41, 5.74) is 1.58. The van der Waals surface area contributed by atoms with Crippen molar-refractivity contribution in [3.63, 3.8) is 0 Å². The molecule has 0 aliphatic carbocycles. The van der Waals surface area contributed by atoms with Gasteiger partial charge >= 0.3 is 0 Å². The summed E-state index contributed by atoms with van der Waals surface area (Å²) in [5, 5.41) is 10.5. The monoisotopic (exact) mass is 301 g/mol. The first-order valence-corrected chi connectivity index (χ1v) is 7.05. The van der Waals surface area contributed by atoms with Gasteiger partial charge in [0.2, 0.25) is 0 Å². The van der Waals surface area contributed by atoms with E-state index < -0.39 is 0 Å². The number of amides is 1. The zero-order valence-electron chi connectivity index (χ0n) is 10.6. The third-order valence-corrected chi connectivity index (χ3v) is 4.67. The number of nitrogens with zero attached hydrogens (tertiary/aromatic N) is 1. The quantitative estimate of drug-likeness (QED) is 0.794. The largest absolute Gasteiger partial charge is 0.351 e. The van der Waals surface area contributed by atoms with Crippen LogP contribution in [0.4, 0.5) is 0 Å². The first-order chi connectivity index (χ1) is 8.08. The lowest BCUT2D eigenvalue weighted by Gasteiger charge is -2.29. The molecule has 0 saturated heterocycles. The highest BCUT2D eigenvalue weighted by molar-refractivity contribution is 9.09. The van der Waals surface area contributed by atoms with E-state index in [0.717, 1.165) is 23.9 Å². The minimum absolute atomic E-state index is 0.0523. The lowest BCUT2D eigenvalue weighted by molar-refractivity contribution is 0.0932. The number of hydrogen-bond acceptors (Lipinski definition) is 2. The summed E-state index contributed by atoms with van der Waals surface area (Å²) in [6, 6.07) is 0. The Labute approximate surface area is 111 Å². The maximum atomic E-state index is 11.9. The zero-order chi connectivity index (χ0) is 12.9. The van der Waals surface area contributed by atoms with Crippen LogP contribution in [-0.4, -0.2) is 28.0 Å². The van der Waals surface area contributed by atoms with Gasteiger partial charge < -0.3 is 5.32 Å². The van der Waals surface area contributed by atoms with Crippen LogP contribution >= 0.6 is 15.9 Å². The summed E-state index contributed by atoms with van der Waals surface area (Å²) in [6.07, 6.45) is 3.65. The van der Waals surface area contributed by atoms with E-state index in [2.05, 4.69) is 45.3 Å². The average Bonchev–Trinajstić information content (AvgIpc) is 2.78. The second-order valence-electron chi connectivity index (χ2n) is 4.43. The number of rotatable bonds is 6. The molecule has 1 heterocycles. The lowest BCUT2D eigenvalue weighted by Crippen LogP contribution is -2.38. The van der Waals surface area contributed by atoms with Crippen LogP contribution in [0.5, 0.6) is 0 Å². The molecule has 0 aromatic carbocycles. The van der Waals surface area contributed by atoms with Crippen LogP contribution in [0.15, 0.2) is 6.20 Å². The average molecular weight is 302 g/mol. The molecule has 0 bridgehead atoms. The molecule has 4 nitrogen and oxygen atoms in total. The van der Waals surface area contributed by atoms with E-state index in [1.54, 1.807) is 6.20 Å². The minimum atomic E-state index is -0.0523. The molecule has 1 aromatic heterocycles. The summed E-state index contributed by atoms with van der Waals surface area (Å²) in [6.45, 7) is 6.84. The molecule has 0 atom stereocenters. The molecule has 1 amide bonds. The van der Waals surface area contributed by atoms with E-state index >= 15 is 0 Å². The fourth-order valence-corrected chi connectivity index (χ4v) is 2.67. The highest BCUT2D eigenvalue weighted by Crippen LogP contribution is 2.27. The molecule has 2 N–H and O–H groups in total. The molecule has 0 aliphatic rings. The van der Waals surface area contributed by atoms with Crippen LogP contribution in [0.25, 0.3) is 0 Å². The second-order valence-corrected chi connectivity index (χ2v) is 4.99. The number of aromatic nitrogens is 2. The van der Waals surface area contributed by atoms with Crippen molar-refractivity contribution in [3.05, 3.63) is 17.5 Å². The van der Waals surface area contributed by atoms with Gasteiger partial charge in [0.05, 0.1) is 11.8 Å². The normalized spacial score (nSPS) is 11.5. The van der Waals surface area contributed by atoms with Crippen molar-refractivity contribution >= 4 is 21.8 Å². The Bertz CT molecular complexity index is 363. The molecule has 0 aliphatic heterocycles. The number of aromatic amines is 1. The first kappa shape index (κ1) is 14.2. The molecule has 0 spiro atoms. The summed E-state index contributed by atoms with van der Waals surface area (Å²) >= 11 is 3.54. The third-order valence-electron chi connectivity index (χ3n) is 3.48. The van der Waals surface area contributed by atoms with Gasteiger partial charge in [0, 0.05) is 17.6 Å². The van der Waals surface area contributed by atoms with Crippen LogP contribution in [0.1, 0.15) is 42.7 Å². The lowest BCUT2D eigenvalue weighted by atomic mass is 9.84. The number of H-pyrrole nitrogens is 1. The Hall–Kier alpha value is -0.840. The van der Waals surface area contributed by atoms with E-state index in [4.69, 9.17) is 0 Å². The number of hydrogen-bond donors (Lipinski definition) is 2. The fourth-order valence-electron chi connectivity index (χ4n) is 1.68. The van der Waals surface area contributed by atoms with Gasteiger partial charge in [-0.05, 0) is 25.2 Å². The Morgan fingerprint density at radius 2 is 2.18 bits per heavy atom. The molecule has 1 rings (SSSR count). The predicted molar refractivity (Wildman–Crippen MR) is 72.5 cm³/mol. The van der Waals surface area contributed by atoms with Crippen molar-refractivity contribution in [1.82, 2.24) is 15.5 Å². The molecule has 0 saturated carbocycles. The first-order valence-electron chi connectivity index (χ1n) is 5.92. The van der Waals surface area contributed by atoms with Crippen molar-refractivity contribution in [2.75, 3.05) is 11.9 Å². The van der Waals surface area contributed by atoms with Gasteiger partial charge in [-0.15, -0.1) is 0 Å². The van der Waals surface area contributed by atoms with Crippen molar-refractivity contribution in [2.45, 2.75) is 33.6 Å². The molecule has 1 aromatic rings. The smallest absolute Gasteiger partial charge is 0.254 e. The van der Waals surface area contributed by atoms with Crippen molar-refractivity contribution in [3.8, 4) is 0 Å². The third kappa shape index (κ3) is 3.31. The topological polar surface area (TPSA) is 57.8 Å². The van der Waals surface area contributed by atoms with Crippen LogP contribution < -0.4 is 5.32 Å². The summed E-state index contributed by atoms with van der Waals surface area (Å²) in [5.74, 6) is -0.0523. The van der Waals surface area contributed by atoms with E-state index in [1.165, 1.54) is 0 Å². The highest BCUT2D eigenvalue weighted by atomic mass is 79.9. The maximum absolute atomic E-state index is 11.9. The number of nitrogens with one attached hydrogen (secondary N) is 2. The molecular weight excluding hydrogens is 282 g/mol. The molecule has 0 fully saturated rings. The van der Waals surface area contributed by atoms with Gasteiger partial charge in [-0.3, -0.25) is 9.89 Å². The van der Waals surface area contributed by atoms with Gasteiger partial charge in [0.1, 0.15) is 0 Å². The van der Waals surface area contributed by atoms with Crippen LogP contribution in [-0.2, 0) is 0 Å². The summed E-state index contributed by atoms with van der Waals surface area (Å²) in [4.78, 5) is 11.9.